The first kappa shape index (κ1) is 12.1. The number of aliphatic imine (C=N–C) groups is 1. The Morgan fingerprint density at radius 1 is 1.29 bits per heavy atom. The second-order valence-electron chi connectivity index (χ2n) is 4.89. The summed E-state index contributed by atoms with van der Waals surface area (Å²) < 4.78 is 0. The summed E-state index contributed by atoms with van der Waals surface area (Å²) in [5, 5.41) is 13.2. The highest BCUT2D eigenvalue weighted by molar-refractivity contribution is 5.93. The minimum atomic E-state index is 0.320. The molecule has 1 N–H and O–H groups in total. The number of piperidine rings is 1. The first-order valence-corrected chi connectivity index (χ1v) is 6.26. The van der Waals surface area contributed by atoms with Crippen molar-refractivity contribution in [1.82, 2.24) is 9.91 Å². The molecule has 2 saturated heterocycles. The van der Waals surface area contributed by atoms with Gasteiger partial charge in [0.2, 0.25) is 5.96 Å². The van der Waals surface area contributed by atoms with Crippen molar-refractivity contribution in [2.24, 2.45) is 10.1 Å². The summed E-state index contributed by atoms with van der Waals surface area (Å²) in [7, 11) is 1.85. The van der Waals surface area contributed by atoms with Gasteiger partial charge in [0.25, 0.3) is 0 Å². The number of nitrogens with one attached hydrogen (secondary N) is 1. The molecule has 2 bridgehead atoms. The molecule has 0 aromatic carbocycles. The zero-order valence-corrected chi connectivity index (χ0v) is 10.7. The van der Waals surface area contributed by atoms with Gasteiger partial charge in [-0.05, 0) is 39.0 Å². The molecule has 0 spiro atoms. The van der Waals surface area contributed by atoms with Crippen LogP contribution in [0.25, 0.3) is 0 Å². The molecule has 2 rings (SSSR count). The molecule has 5 nitrogen and oxygen atoms in total. The number of hydrogen-bond acceptors (Lipinski definition) is 2. The van der Waals surface area contributed by atoms with Gasteiger partial charge in [0.15, 0.2) is 0 Å². The zero-order chi connectivity index (χ0) is 12.4. The molecule has 2 fully saturated rings. The van der Waals surface area contributed by atoms with E-state index in [1.165, 1.54) is 32.1 Å². The summed E-state index contributed by atoms with van der Waals surface area (Å²) in [6, 6.07) is 1.16. The molecular formula is C12H21N5. The van der Waals surface area contributed by atoms with Crippen LogP contribution in [0.2, 0.25) is 0 Å². The van der Waals surface area contributed by atoms with Crippen LogP contribution in [-0.2, 0) is 0 Å². The summed E-state index contributed by atoms with van der Waals surface area (Å²) in [5.41, 5.74) is 0. The smallest absolute Gasteiger partial charge is 0.224 e. The summed E-state index contributed by atoms with van der Waals surface area (Å²) in [4.78, 5) is 6.69. The molecule has 17 heavy (non-hydrogen) atoms. The molecule has 94 valence electrons. The Bertz CT molecular complexity index is 333. The van der Waals surface area contributed by atoms with Gasteiger partial charge in [-0.2, -0.15) is 10.1 Å². The molecule has 5 heteroatoms. The third kappa shape index (κ3) is 2.33. The fraction of sp³-hybridized carbons (Fsp3) is 0.750. The van der Waals surface area contributed by atoms with Crippen molar-refractivity contribution in [2.45, 2.75) is 51.1 Å². The molecule has 2 heterocycles. The zero-order valence-electron chi connectivity index (χ0n) is 10.7. The molecule has 0 aliphatic carbocycles. The van der Waals surface area contributed by atoms with E-state index in [-0.39, 0.29) is 0 Å². The SMILES string of the molecule is C=NN(C)/C(=N\C(C)=N)N1C2CCCC1CC2. The molecular weight excluding hydrogens is 214 g/mol. The van der Waals surface area contributed by atoms with Crippen LogP contribution in [0, 0.1) is 5.41 Å². The highest BCUT2D eigenvalue weighted by atomic mass is 15.5. The number of fused-ring (bicyclic) bond motifs is 2. The molecule has 0 aromatic heterocycles. The third-order valence-electron chi connectivity index (χ3n) is 3.69. The minimum absolute atomic E-state index is 0.320. The maximum Gasteiger partial charge on any atom is 0.224 e. The van der Waals surface area contributed by atoms with E-state index in [1.807, 2.05) is 7.05 Å². The predicted octanol–water partition coefficient (Wildman–Crippen LogP) is 1.90. The van der Waals surface area contributed by atoms with Gasteiger partial charge in [-0.1, -0.05) is 0 Å². The van der Waals surface area contributed by atoms with Crippen molar-refractivity contribution in [3.8, 4) is 0 Å². The Morgan fingerprint density at radius 3 is 2.35 bits per heavy atom. The monoisotopic (exact) mass is 235 g/mol. The summed E-state index contributed by atoms with van der Waals surface area (Å²) >= 11 is 0. The van der Waals surface area contributed by atoms with Crippen molar-refractivity contribution in [1.29, 1.82) is 5.41 Å². The maximum absolute atomic E-state index is 7.56. The summed E-state index contributed by atoms with van der Waals surface area (Å²) in [5.74, 6) is 1.11. The largest absolute Gasteiger partial charge is 0.335 e. The normalized spacial score (nSPS) is 28.1. The fourth-order valence-corrected chi connectivity index (χ4v) is 2.95. The molecule has 0 radical (unpaired) electrons. The topological polar surface area (TPSA) is 55.1 Å². The van der Waals surface area contributed by atoms with Crippen LogP contribution in [-0.4, -0.2) is 47.6 Å². The maximum atomic E-state index is 7.56. The molecule has 0 amide bonds. The average Bonchev–Trinajstić information content (AvgIpc) is 2.54. The lowest BCUT2D eigenvalue weighted by molar-refractivity contribution is 0.211. The van der Waals surface area contributed by atoms with Gasteiger partial charge >= 0.3 is 0 Å². The molecule has 0 aromatic rings. The van der Waals surface area contributed by atoms with Gasteiger partial charge in [0.05, 0.1) is 0 Å². The number of nitrogens with zero attached hydrogens (tertiary/aromatic N) is 4. The van der Waals surface area contributed by atoms with Crippen LogP contribution < -0.4 is 0 Å². The van der Waals surface area contributed by atoms with Crippen molar-refractivity contribution < 1.29 is 0 Å². The van der Waals surface area contributed by atoms with Crippen LogP contribution in [0.4, 0.5) is 0 Å². The van der Waals surface area contributed by atoms with E-state index < -0.39 is 0 Å². The number of hydrazone groups is 1. The number of amidine groups is 1. The van der Waals surface area contributed by atoms with E-state index in [1.54, 1.807) is 11.9 Å². The Morgan fingerprint density at radius 2 is 1.88 bits per heavy atom. The molecule has 2 aliphatic rings. The van der Waals surface area contributed by atoms with Crippen LogP contribution in [0.3, 0.4) is 0 Å². The van der Waals surface area contributed by atoms with Gasteiger partial charge in [-0.25, -0.2) is 5.01 Å². The van der Waals surface area contributed by atoms with Gasteiger partial charge in [0.1, 0.15) is 5.84 Å². The standard InChI is InChI=1S/C12H21N5/c1-9(13)15-12(16(3)14-2)17-10-5-4-6-11(17)8-7-10/h10-11,13H,2,4-8H2,1,3H3/b13-9?,15-12+. The highest BCUT2D eigenvalue weighted by Crippen LogP contribution is 2.36. The first-order valence-electron chi connectivity index (χ1n) is 6.26. The lowest BCUT2D eigenvalue weighted by atomic mass is 10.0. The van der Waals surface area contributed by atoms with E-state index in [2.05, 4.69) is 21.7 Å². The molecule has 0 saturated carbocycles. The Balaban J connectivity index is 2.27. The number of hydrogen-bond donors (Lipinski definition) is 1. The van der Waals surface area contributed by atoms with Crippen LogP contribution in [0.15, 0.2) is 10.1 Å². The third-order valence-corrected chi connectivity index (χ3v) is 3.69. The van der Waals surface area contributed by atoms with Gasteiger partial charge in [-0.15, -0.1) is 0 Å². The predicted molar refractivity (Wildman–Crippen MR) is 70.6 cm³/mol. The van der Waals surface area contributed by atoms with Gasteiger partial charge in [0, 0.05) is 25.8 Å². The molecule has 2 atom stereocenters. The van der Waals surface area contributed by atoms with Crippen molar-refractivity contribution in [2.75, 3.05) is 7.05 Å². The van der Waals surface area contributed by atoms with Crippen LogP contribution in [0.1, 0.15) is 39.0 Å². The number of guanidine groups is 1. The van der Waals surface area contributed by atoms with E-state index in [0.717, 1.165) is 5.96 Å². The summed E-state index contributed by atoms with van der Waals surface area (Å²) in [6.45, 7) is 5.25. The van der Waals surface area contributed by atoms with Crippen LogP contribution >= 0.6 is 0 Å². The van der Waals surface area contributed by atoms with Crippen molar-refractivity contribution in [3.63, 3.8) is 0 Å². The van der Waals surface area contributed by atoms with Crippen molar-refractivity contribution >= 4 is 18.5 Å². The van der Waals surface area contributed by atoms with Gasteiger partial charge < -0.3 is 4.90 Å². The highest BCUT2D eigenvalue weighted by Gasteiger charge is 2.39. The Hall–Kier alpha value is -1.39. The van der Waals surface area contributed by atoms with E-state index in [4.69, 9.17) is 5.41 Å². The second kappa shape index (κ2) is 4.85. The first-order chi connectivity index (χ1) is 8.13. The Labute approximate surface area is 103 Å². The van der Waals surface area contributed by atoms with Crippen molar-refractivity contribution in [3.05, 3.63) is 0 Å². The molecule has 2 unspecified atom stereocenters. The fourth-order valence-electron chi connectivity index (χ4n) is 2.95. The van der Waals surface area contributed by atoms with Crippen LogP contribution in [0.5, 0.6) is 0 Å². The second-order valence-corrected chi connectivity index (χ2v) is 4.89. The Kier molecular flexibility index (Phi) is 3.45. The van der Waals surface area contributed by atoms with Gasteiger partial charge in [-0.3, -0.25) is 5.41 Å². The lowest BCUT2D eigenvalue weighted by Gasteiger charge is -2.38. The average molecular weight is 235 g/mol. The lowest BCUT2D eigenvalue weighted by Crippen LogP contribution is -2.49. The van der Waals surface area contributed by atoms with E-state index in [0.29, 0.717) is 17.9 Å². The quantitative estimate of drug-likeness (QED) is 0.429. The summed E-state index contributed by atoms with van der Waals surface area (Å²) in [6.07, 6.45) is 6.26. The van der Waals surface area contributed by atoms with E-state index in [9.17, 15) is 0 Å². The number of rotatable bonds is 1. The minimum Gasteiger partial charge on any atom is -0.335 e. The molecule has 2 aliphatic heterocycles. The van der Waals surface area contributed by atoms with E-state index >= 15 is 0 Å².